The first kappa shape index (κ1) is 21.0. The van der Waals surface area contributed by atoms with Gasteiger partial charge < -0.3 is 19.2 Å². The van der Waals surface area contributed by atoms with E-state index in [2.05, 4.69) is 10.3 Å². The minimum atomic E-state index is -0.0226. The molecule has 1 aromatic heterocycles. The van der Waals surface area contributed by atoms with Gasteiger partial charge in [0.15, 0.2) is 0 Å². The van der Waals surface area contributed by atoms with Crippen LogP contribution in [0.2, 0.25) is 0 Å². The van der Waals surface area contributed by atoms with Crippen LogP contribution < -0.4 is 14.8 Å². The molecular formula is C25H28N2O4. The van der Waals surface area contributed by atoms with Gasteiger partial charge in [-0.3, -0.25) is 4.79 Å². The summed E-state index contributed by atoms with van der Waals surface area (Å²) in [5.41, 5.74) is 0.884. The first-order valence-electron chi connectivity index (χ1n) is 10.8. The Morgan fingerprint density at radius 3 is 2.68 bits per heavy atom. The van der Waals surface area contributed by atoms with Crippen molar-refractivity contribution in [2.75, 3.05) is 6.61 Å². The molecule has 0 aliphatic heterocycles. The van der Waals surface area contributed by atoms with E-state index in [1.165, 1.54) is 19.8 Å². The van der Waals surface area contributed by atoms with E-state index in [4.69, 9.17) is 13.9 Å². The minimum absolute atomic E-state index is 0.0226. The molecule has 1 aliphatic rings. The Hall–Kier alpha value is -3.28. The van der Waals surface area contributed by atoms with Crippen LogP contribution in [0.4, 0.5) is 0 Å². The molecule has 4 rings (SSSR count). The number of aryl methyl sites for hydroxylation is 1. The summed E-state index contributed by atoms with van der Waals surface area (Å²) in [5.74, 6) is 4.38. The average molecular weight is 421 g/mol. The van der Waals surface area contributed by atoms with E-state index in [0.29, 0.717) is 11.8 Å². The van der Waals surface area contributed by atoms with Crippen LogP contribution in [-0.4, -0.2) is 23.5 Å². The average Bonchev–Trinajstić information content (AvgIpc) is 3.47. The van der Waals surface area contributed by atoms with Gasteiger partial charge in [-0.2, -0.15) is 0 Å². The molecule has 1 amide bonds. The maximum absolute atomic E-state index is 11.1. The summed E-state index contributed by atoms with van der Waals surface area (Å²) in [7, 11) is 0. The number of carbonyl (C=O) groups is 1. The number of amides is 1. The number of hydrogen-bond acceptors (Lipinski definition) is 5. The van der Waals surface area contributed by atoms with Gasteiger partial charge >= 0.3 is 0 Å². The van der Waals surface area contributed by atoms with Crippen molar-refractivity contribution in [3.05, 3.63) is 60.5 Å². The maximum atomic E-state index is 11.1. The Balaban J connectivity index is 1.32. The molecule has 6 nitrogen and oxygen atoms in total. The third-order valence-electron chi connectivity index (χ3n) is 5.15. The van der Waals surface area contributed by atoms with E-state index < -0.39 is 0 Å². The number of ether oxygens (including phenoxy) is 2. The number of benzene rings is 2. The van der Waals surface area contributed by atoms with Crippen molar-refractivity contribution in [3.63, 3.8) is 0 Å². The molecule has 0 radical (unpaired) electrons. The second kappa shape index (κ2) is 9.69. The predicted octanol–water partition coefficient (Wildman–Crippen LogP) is 5.38. The number of hydrogen-bond donors (Lipinski definition) is 1. The van der Waals surface area contributed by atoms with Crippen LogP contribution in [0.15, 0.2) is 59.1 Å². The highest BCUT2D eigenvalue weighted by atomic mass is 16.5. The lowest BCUT2D eigenvalue weighted by Crippen LogP contribution is -2.30. The van der Waals surface area contributed by atoms with Gasteiger partial charge in [0, 0.05) is 31.0 Å². The molecule has 6 heteroatoms. The van der Waals surface area contributed by atoms with E-state index >= 15 is 0 Å². The van der Waals surface area contributed by atoms with Crippen LogP contribution in [0.1, 0.15) is 38.9 Å². The highest BCUT2D eigenvalue weighted by Crippen LogP contribution is 2.31. The Labute approximate surface area is 182 Å². The van der Waals surface area contributed by atoms with Crippen LogP contribution in [0.3, 0.4) is 0 Å². The summed E-state index contributed by atoms with van der Waals surface area (Å²) in [4.78, 5) is 15.5. The fourth-order valence-corrected chi connectivity index (χ4v) is 3.26. The Kier molecular flexibility index (Phi) is 6.55. The number of rotatable bonds is 10. The molecular weight excluding hydrogens is 392 g/mol. The first-order valence-corrected chi connectivity index (χ1v) is 10.8. The van der Waals surface area contributed by atoms with Crippen molar-refractivity contribution in [2.45, 2.75) is 45.6 Å². The molecule has 1 saturated carbocycles. The zero-order valence-electron chi connectivity index (χ0n) is 18.0. The highest BCUT2D eigenvalue weighted by molar-refractivity contribution is 5.73. The molecule has 1 N–H and O–H groups in total. The molecule has 0 bridgehead atoms. The summed E-state index contributed by atoms with van der Waals surface area (Å²) >= 11 is 0. The summed E-state index contributed by atoms with van der Waals surface area (Å²) in [5, 5.41) is 2.87. The van der Waals surface area contributed by atoms with Gasteiger partial charge in [-0.1, -0.05) is 6.07 Å². The minimum Gasteiger partial charge on any atom is -0.493 e. The van der Waals surface area contributed by atoms with E-state index in [1.54, 1.807) is 6.20 Å². The second-order valence-electron chi connectivity index (χ2n) is 8.13. The Bertz CT molecular complexity index is 1010. The number of aromatic nitrogens is 1. The third-order valence-corrected chi connectivity index (χ3v) is 5.15. The normalized spacial score (nSPS) is 14.1. The lowest BCUT2D eigenvalue weighted by molar-refractivity contribution is -0.119. The SMILES string of the molecule is CC(=O)NC(C)CCc1cnc(-c2ccc(Oc3cccc(OCC4CC4)c3)cc2)o1. The van der Waals surface area contributed by atoms with Crippen LogP contribution in [0.5, 0.6) is 17.2 Å². The van der Waals surface area contributed by atoms with Crippen molar-refractivity contribution in [1.82, 2.24) is 10.3 Å². The summed E-state index contributed by atoms with van der Waals surface area (Å²) < 4.78 is 17.7. The van der Waals surface area contributed by atoms with E-state index in [0.717, 1.165) is 48.0 Å². The van der Waals surface area contributed by atoms with Crippen LogP contribution in [0.25, 0.3) is 11.5 Å². The number of nitrogens with zero attached hydrogens (tertiary/aromatic N) is 1. The fourth-order valence-electron chi connectivity index (χ4n) is 3.26. The quantitative estimate of drug-likeness (QED) is 0.477. The van der Waals surface area contributed by atoms with Crippen molar-refractivity contribution in [3.8, 4) is 28.7 Å². The smallest absolute Gasteiger partial charge is 0.226 e. The third kappa shape index (κ3) is 6.35. The number of nitrogens with one attached hydrogen (secondary N) is 1. The standard InChI is InChI=1S/C25H28N2O4/c1-17(27-18(2)28)6-11-24-15-26-25(31-24)20-9-12-21(13-10-20)30-23-5-3-4-22(14-23)29-16-19-7-8-19/h3-5,9-10,12-15,17,19H,6-8,11,16H2,1-2H3,(H,27,28). The summed E-state index contributed by atoms with van der Waals surface area (Å²) in [6, 6.07) is 15.5. The van der Waals surface area contributed by atoms with Crippen LogP contribution in [0, 0.1) is 5.92 Å². The molecule has 2 aromatic carbocycles. The maximum Gasteiger partial charge on any atom is 0.226 e. The Morgan fingerprint density at radius 1 is 1.16 bits per heavy atom. The van der Waals surface area contributed by atoms with Crippen LogP contribution >= 0.6 is 0 Å². The second-order valence-corrected chi connectivity index (χ2v) is 8.13. The fraction of sp³-hybridized carbons (Fsp3) is 0.360. The number of oxazole rings is 1. The molecule has 0 saturated heterocycles. The molecule has 0 spiro atoms. The van der Waals surface area contributed by atoms with Crippen LogP contribution in [-0.2, 0) is 11.2 Å². The first-order chi connectivity index (χ1) is 15.0. The lowest BCUT2D eigenvalue weighted by atomic mass is 10.1. The van der Waals surface area contributed by atoms with Gasteiger partial charge in [0.25, 0.3) is 0 Å². The number of carbonyl (C=O) groups excluding carboxylic acids is 1. The monoisotopic (exact) mass is 420 g/mol. The molecule has 1 unspecified atom stereocenters. The summed E-state index contributed by atoms with van der Waals surface area (Å²) in [6.07, 6.45) is 5.79. The summed E-state index contributed by atoms with van der Waals surface area (Å²) in [6.45, 7) is 4.28. The van der Waals surface area contributed by atoms with Crippen molar-refractivity contribution >= 4 is 5.91 Å². The van der Waals surface area contributed by atoms with Crippen molar-refractivity contribution in [1.29, 1.82) is 0 Å². The van der Waals surface area contributed by atoms with Crippen molar-refractivity contribution < 1.29 is 18.7 Å². The molecule has 1 atom stereocenters. The Morgan fingerprint density at radius 2 is 1.94 bits per heavy atom. The van der Waals surface area contributed by atoms with Gasteiger partial charge in [0.05, 0.1) is 12.8 Å². The lowest BCUT2D eigenvalue weighted by Gasteiger charge is -2.10. The van der Waals surface area contributed by atoms with E-state index in [9.17, 15) is 4.79 Å². The molecule has 1 heterocycles. The highest BCUT2D eigenvalue weighted by Gasteiger charge is 2.21. The largest absolute Gasteiger partial charge is 0.493 e. The predicted molar refractivity (Wildman–Crippen MR) is 118 cm³/mol. The molecule has 162 valence electrons. The molecule has 1 aliphatic carbocycles. The molecule has 31 heavy (non-hydrogen) atoms. The zero-order chi connectivity index (χ0) is 21.6. The van der Waals surface area contributed by atoms with Gasteiger partial charge in [-0.15, -0.1) is 0 Å². The van der Waals surface area contributed by atoms with Gasteiger partial charge in [0.2, 0.25) is 11.8 Å². The topological polar surface area (TPSA) is 73.6 Å². The zero-order valence-corrected chi connectivity index (χ0v) is 18.0. The van der Waals surface area contributed by atoms with Gasteiger partial charge in [-0.25, -0.2) is 4.98 Å². The molecule has 1 fully saturated rings. The molecule has 3 aromatic rings. The van der Waals surface area contributed by atoms with Gasteiger partial charge in [0.1, 0.15) is 23.0 Å². The van der Waals surface area contributed by atoms with Gasteiger partial charge in [-0.05, 0) is 68.5 Å². The van der Waals surface area contributed by atoms with E-state index in [-0.39, 0.29) is 11.9 Å². The van der Waals surface area contributed by atoms with E-state index in [1.807, 2.05) is 55.5 Å². The van der Waals surface area contributed by atoms with Crippen molar-refractivity contribution in [2.24, 2.45) is 5.92 Å².